The molecule has 0 heterocycles. The molecule has 402 valence electrons. The van der Waals surface area contributed by atoms with E-state index in [0.717, 1.165) is 74.4 Å². The second kappa shape index (κ2) is 23.1. The molecule has 12 nitrogen and oxygen atoms in total. The summed E-state index contributed by atoms with van der Waals surface area (Å²) in [5.74, 6) is -4.62. The highest BCUT2D eigenvalue weighted by atomic mass is 16.5. The molecular formula is C70H52N2O10. The first kappa shape index (κ1) is 52.3. The number of hydrogen-bond acceptors (Lipinski definition) is 10. The molecular weight excluding hydrogens is 1030 g/mol. The second-order valence-electron chi connectivity index (χ2n) is 20.0. The predicted molar refractivity (Wildman–Crippen MR) is 320 cm³/mol. The normalized spacial score (nSPS) is 11.4. The third-order valence-electron chi connectivity index (χ3n) is 15.0. The van der Waals surface area contributed by atoms with E-state index in [1.165, 1.54) is 0 Å². The van der Waals surface area contributed by atoms with Crippen LogP contribution in [0.2, 0.25) is 0 Å². The lowest BCUT2D eigenvalue weighted by Crippen LogP contribution is -2.49. The van der Waals surface area contributed by atoms with Crippen LogP contribution in [-0.4, -0.2) is 98.1 Å². The summed E-state index contributed by atoms with van der Waals surface area (Å²) in [7, 11) is 0. The zero-order valence-electron chi connectivity index (χ0n) is 44.4. The van der Waals surface area contributed by atoms with E-state index < -0.39 is 35.7 Å². The first-order valence-corrected chi connectivity index (χ1v) is 27.1. The van der Waals surface area contributed by atoms with Crippen molar-refractivity contribution in [3.05, 3.63) is 241 Å². The Morgan fingerprint density at radius 1 is 0.244 bits per heavy atom. The van der Waals surface area contributed by atoms with Gasteiger partial charge in [-0.15, -0.1) is 0 Å². The van der Waals surface area contributed by atoms with Gasteiger partial charge >= 0.3 is 35.7 Å². The van der Waals surface area contributed by atoms with Gasteiger partial charge in [0.25, 0.3) is 0 Å². The van der Waals surface area contributed by atoms with Crippen molar-refractivity contribution in [1.29, 1.82) is 0 Å². The molecule has 0 unspecified atom stereocenters. The average molecular weight is 1080 g/mol. The summed E-state index contributed by atoms with van der Waals surface area (Å²) in [6.45, 7) is -2.42. The number of ether oxygens (including phenoxy) is 4. The van der Waals surface area contributed by atoms with Gasteiger partial charge in [-0.25, -0.2) is 19.2 Å². The van der Waals surface area contributed by atoms with E-state index in [-0.39, 0.29) is 52.6 Å². The zero-order chi connectivity index (χ0) is 56.1. The molecule has 0 atom stereocenters. The highest BCUT2D eigenvalue weighted by Crippen LogP contribution is 2.30. The van der Waals surface area contributed by atoms with Gasteiger partial charge in [0.1, 0.15) is 26.4 Å². The summed E-state index contributed by atoms with van der Waals surface area (Å²) in [5.41, 5.74) is 1.27. The van der Waals surface area contributed by atoms with Gasteiger partial charge in [-0.1, -0.05) is 146 Å². The molecule has 0 aliphatic carbocycles. The molecule has 12 heteroatoms. The smallest absolute Gasteiger partial charge is 0.338 e. The van der Waals surface area contributed by atoms with Crippen LogP contribution < -0.4 is 0 Å². The number of nitrogens with zero attached hydrogens (tertiary/aromatic N) is 2. The van der Waals surface area contributed by atoms with Gasteiger partial charge in [-0.05, 0) is 159 Å². The van der Waals surface area contributed by atoms with Crippen molar-refractivity contribution in [2.24, 2.45) is 0 Å². The third-order valence-corrected chi connectivity index (χ3v) is 15.0. The minimum absolute atomic E-state index is 0.273. The van der Waals surface area contributed by atoms with Crippen LogP contribution >= 0.6 is 0 Å². The van der Waals surface area contributed by atoms with Crippen LogP contribution in [0.1, 0.15) is 41.4 Å². The molecule has 0 spiro atoms. The fourth-order valence-corrected chi connectivity index (χ4v) is 10.8. The Morgan fingerprint density at radius 3 is 0.659 bits per heavy atom. The number of hydrogen-bond donors (Lipinski definition) is 0. The van der Waals surface area contributed by atoms with Crippen LogP contribution in [0.5, 0.6) is 0 Å². The Hall–Kier alpha value is -10.5. The van der Waals surface area contributed by atoms with Crippen LogP contribution in [-0.2, 0) is 28.5 Å². The Morgan fingerprint density at radius 2 is 0.439 bits per heavy atom. The van der Waals surface area contributed by atoms with Gasteiger partial charge in [0, 0.05) is 0 Å². The number of fused-ring (bicyclic) bond motifs is 8. The SMILES string of the molecule is O=C(OCCN(CCOC(=O)c1cccc2cc3ccccc3cc12)C(=O)C(=O)N(CCOC(=O)c1cccc2cc3ccccc3cc12)CCOC(=O)c1cccc2cc3ccccc3cc12)c1cccc2cc3ccccc3cc12. The highest BCUT2D eigenvalue weighted by molar-refractivity contribution is 6.35. The van der Waals surface area contributed by atoms with E-state index in [2.05, 4.69) is 0 Å². The van der Waals surface area contributed by atoms with Crippen LogP contribution in [0.4, 0.5) is 0 Å². The molecule has 0 bridgehead atoms. The summed E-state index contributed by atoms with van der Waals surface area (Å²) < 4.78 is 23.4. The predicted octanol–water partition coefficient (Wildman–Crippen LogP) is 13.3. The average Bonchev–Trinajstić information content (AvgIpc) is 3.70. The van der Waals surface area contributed by atoms with Crippen molar-refractivity contribution >= 4 is 122 Å². The summed E-state index contributed by atoms with van der Waals surface area (Å²) in [6.07, 6.45) is 0. The standard InChI is InChI=1S/C70H52N2O10/c73-65(71(29-33-79-67(75)57-25-9-21-53-37-45-13-1-5-17-49(45)41-61(53)57)30-34-80-68(76)58-26-10-22-54-38-46-14-2-6-18-50(46)42-62(54)58)66(74)72(31-35-81-69(77)59-27-11-23-55-39-47-15-3-7-19-51(47)43-63(55)59)32-36-82-70(78)60-28-12-24-56-40-48-16-4-8-20-52(48)44-64(56)60/h1-28,37-44H,29-36H2. The van der Waals surface area contributed by atoms with Gasteiger partial charge in [0.15, 0.2) is 0 Å². The minimum atomic E-state index is -1.03. The quantitative estimate of drug-likeness (QED) is 0.0397. The van der Waals surface area contributed by atoms with E-state index >= 15 is 0 Å². The lowest BCUT2D eigenvalue weighted by Gasteiger charge is -2.27. The van der Waals surface area contributed by atoms with Crippen LogP contribution in [0.25, 0.3) is 86.2 Å². The molecule has 0 saturated heterocycles. The number of carbonyl (C=O) groups is 6. The third kappa shape index (κ3) is 10.8. The molecule has 12 rings (SSSR count). The molecule has 0 radical (unpaired) electrons. The maximum Gasteiger partial charge on any atom is 0.338 e. The van der Waals surface area contributed by atoms with Crippen LogP contribution in [0.15, 0.2) is 218 Å². The maximum atomic E-state index is 14.8. The van der Waals surface area contributed by atoms with E-state index in [4.69, 9.17) is 18.9 Å². The Bertz CT molecular complexity index is 3970. The van der Waals surface area contributed by atoms with Crippen molar-refractivity contribution in [3.8, 4) is 0 Å². The van der Waals surface area contributed by atoms with E-state index in [1.54, 1.807) is 48.5 Å². The summed E-state index contributed by atoms with van der Waals surface area (Å²) in [4.78, 5) is 87.4. The zero-order valence-corrected chi connectivity index (χ0v) is 44.4. The van der Waals surface area contributed by atoms with E-state index in [9.17, 15) is 28.8 Å². The van der Waals surface area contributed by atoms with E-state index in [0.29, 0.717) is 43.8 Å². The lowest BCUT2D eigenvalue weighted by atomic mass is 10.00. The van der Waals surface area contributed by atoms with Crippen molar-refractivity contribution in [3.63, 3.8) is 0 Å². The number of carbonyl (C=O) groups excluding carboxylic acids is 6. The van der Waals surface area contributed by atoms with Crippen LogP contribution in [0, 0.1) is 0 Å². The molecule has 0 saturated carbocycles. The summed E-state index contributed by atoms with van der Waals surface area (Å²) >= 11 is 0. The minimum Gasteiger partial charge on any atom is -0.460 e. The monoisotopic (exact) mass is 1080 g/mol. The summed E-state index contributed by atoms with van der Waals surface area (Å²) in [5, 5.41) is 13.9. The first-order chi connectivity index (χ1) is 40.1. The molecule has 0 aliphatic rings. The number of benzene rings is 12. The van der Waals surface area contributed by atoms with E-state index in [1.807, 2.05) is 170 Å². The van der Waals surface area contributed by atoms with Gasteiger partial charge in [-0.3, -0.25) is 9.59 Å². The van der Waals surface area contributed by atoms with Gasteiger partial charge < -0.3 is 28.7 Å². The maximum absolute atomic E-state index is 14.8. The second-order valence-corrected chi connectivity index (χ2v) is 20.0. The van der Waals surface area contributed by atoms with Crippen molar-refractivity contribution < 1.29 is 47.7 Å². The van der Waals surface area contributed by atoms with Crippen molar-refractivity contribution in [2.75, 3.05) is 52.6 Å². The number of rotatable bonds is 16. The molecule has 0 aromatic heterocycles. The van der Waals surface area contributed by atoms with Crippen LogP contribution in [0.3, 0.4) is 0 Å². The first-order valence-electron chi connectivity index (χ1n) is 27.1. The topological polar surface area (TPSA) is 146 Å². The van der Waals surface area contributed by atoms with Gasteiger partial charge in [0.2, 0.25) is 0 Å². The highest BCUT2D eigenvalue weighted by Gasteiger charge is 2.29. The fourth-order valence-electron chi connectivity index (χ4n) is 10.8. The van der Waals surface area contributed by atoms with Gasteiger partial charge in [0.05, 0.1) is 48.4 Å². The molecule has 12 aromatic rings. The van der Waals surface area contributed by atoms with Crippen molar-refractivity contribution in [1.82, 2.24) is 9.80 Å². The van der Waals surface area contributed by atoms with Gasteiger partial charge in [-0.2, -0.15) is 0 Å². The molecule has 0 aliphatic heterocycles. The Kier molecular flexibility index (Phi) is 14.7. The Balaban J connectivity index is 0.798. The summed E-state index contributed by atoms with van der Waals surface area (Å²) in [6, 6.07) is 68.4. The number of amides is 2. The fraction of sp³-hybridized carbons (Fsp3) is 0.114. The molecule has 0 fully saturated rings. The molecule has 82 heavy (non-hydrogen) atoms. The number of esters is 4. The Labute approximate surface area is 470 Å². The molecule has 0 N–H and O–H groups in total. The largest absolute Gasteiger partial charge is 0.460 e. The molecule has 2 amide bonds. The van der Waals surface area contributed by atoms with Crippen molar-refractivity contribution in [2.45, 2.75) is 0 Å². The lowest BCUT2D eigenvalue weighted by molar-refractivity contribution is -0.153. The molecule has 12 aromatic carbocycles.